The number of para-hydroxylation sites is 2. The van der Waals surface area contributed by atoms with Crippen molar-refractivity contribution in [3.63, 3.8) is 0 Å². The summed E-state index contributed by atoms with van der Waals surface area (Å²) in [5, 5.41) is 0. The first-order valence-electron chi connectivity index (χ1n) is 8.25. The van der Waals surface area contributed by atoms with Crippen LogP contribution in [0.25, 0.3) is 22.8 Å². The van der Waals surface area contributed by atoms with Gasteiger partial charge in [0.05, 0.1) is 0 Å². The minimum absolute atomic E-state index is 0. The van der Waals surface area contributed by atoms with Crippen molar-refractivity contribution in [1.29, 1.82) is 0 Å². The fourth-order valence-corrected chi connectivity index (χ4v) is 7.47. The maximum Gasteiger partial charge on any atom is -1.00 e. The third-order valence-corrected chi connectivity index (χ3v) is 8.76. The number of halogens is 2. The second-order valence-electron chi connectivity index (χ2n) is 6.20. The maximum atomic E-state index is 4.61. The third-order valence-electron chi connectivity index (χ3n) is 4.74. The predicted octanol–water partition coefficient (Wildman–Crippen LogP) is -0.977. The molecule has 2 nitrogen and oxygen atoms in total. The number of rotatable bonds is 3. The summed E-state index contributed by atoms with van der Waals surface area (Å²) in [6.07, 6.45) is 12.4. The third kappa shape index (κ3) is 3.29. The van der Waals surface area contributed by atoms with E-state index in [-0.39, 0.29) is 24.8 Å². The number of aromatic nitrogens is 2. The van der Waals surface area contributed by atoms with E-state index < -0.39 is 23.2 Å². The van der Waals surface area contributed by atoms with Gasteiger partial charge in [0.25, 0.3) is 0 Å². The molecule has 0 radical (unpaired) electrons. The standard InChI is InChI=1S/C16H11N2.C5H5.2ClH.Zr/c1-2-6-13-10-14(9-12(13)5-1)18-11-17-15-7-3-4-8-16(15)18;1-2-4-5-3-1;;;/h1-11H;1-3H,4H2;2*1H;/q;;;;+2/p-2. The van der Waals surface area contributed by atoms with Gasteiger partial charge >= 0.3 is 153 Å². The van der Waals surface area contributed by atoms with Gasteiger partial charge in [0.1, 0.15) is 0 Å². The van der Waals surface area contributed by atoms with Gasteiger partial charge in [-0.2, -0.15) is 0 Å². The zero-order valence-electron chi connectivity index (χ0n) is 13.9. The molecule has 0 N–H and O–H groups in total. The first-order chi connectivity index (χ1) is 11.9. The van der Waals surface area contributed by atoms with Crippen LogP contribution < -0.4 is 24.8 Å². The van der Waals surface area contributed by atoms with Crippen LogP contribution in [0.2, 0.25) is 0 Å². The maximum absolute atomic E-state index is 4.61. The summed E-state index contributed by atoms with van der Waals surface area (Å²) in [6.45, 7) is 0. The van der Waals surface area contributed by atoms with Crippen LogP contribution in [-0.4, -0.2) is 9.55 Å². The molecule has 1 aromatic heterocycles. The Morgan fingerprint density at radius 2 is 1.81 bits per heavy atom. The molecule has 0 saturated carbocycles. The number of benzene rings is 2. The van der Waals surface area contributed by atoms with Gasteiger partial charge in [0, 0.05) is 0 Å². The van der Waals surface area contributed by atoms with Crippen LogP contribution in [0.4, 0.5) is 0 Å². The summed E-state index contributed by atoms with van der Waals surface area (Å²) in [5.74, 6) is 0. The molecule has 2 aliphatic rings. The van der Waals surface area contributed by atoms with Crippen LogP contribution in [0.3, 0.4) is 0 Å². The normalized spacial score (nSPS) is 17.0. The van der Waals surface area contributed by atoms with Gasteiger partial charge in [-0.3, -0.25) is 0 Å². The fraction of sp³-hybridized carbons (Fsp3) is 0.0952. The Labute approximate surface area is 177 Å². The van der Waals surface area contributed by atoms with E-state index in [1.807, 2.05) is 6.33 Å². The molecule has 26 heavy (non-hydrogen) atoms. The Hall–Kier alpha value is -1.41. The van der Waals surface area contributed by atoms with Gasteiger partial charge < -0.3 is 24.8 Å². The largest absolute Gasteiger partial charge is 1.00 e. The van der Waals surface area contributed by atoms with Crippen LogP contribution in [0.15, 0.2) is 76.4 Å². The van der Waals surface area contributed by atoms with Crippen molar-refractivity contribution in [3.8, 4) is 0 Å². The number of fused-ring (bicyclic) bond motifs is 2. The van der Waals surface area contributed by atoms with E-state index in [4.69, 9.17) is 0 Å². The van der Waals surface area contributed by atoms with Gasteiger partial charge in [0.2, 0.25) is 0 Å². The molecule has 1 unspecified atom stereocenters. The first-order valence-corrected chi connectivity index (χ1v) is 10.9. The fourth-order valence-electron chi connectivity index (χ4n) is 3.57. The molecule has 2 aliphatic carbocycles. The Balaban J connectivity index is 0.000000980. The SMILES string of the molecule is C1=CC[C]([Zr+2][CH]2C(n3cnc4ccccc43)=Cc3ccccc32)=C1.[Cl-].[Cl-]. The molecule has 5 rings (SSSR count). The molecule has 0 amide bonds. The zero-order chi connectivity index (χ0) is 15.9. The summed E-state index contributed by atoms with van der Waals surface area (Å²) in [7, 11) is 0. The molecular formula is C21H16Cl2N2Zr. The summed E-state index contributed by atoms with van der Waals surface area (Å²) >= 11 is -0.728. The van der Waals surface area contributed by atoms with Crippen LogP contribution in [-0.2, 0) is 23.2 Å². The molecule has 0 aliphatic heterocycles. The van der Waals surface area contributed by atoms with E-state index in [1.165, 1.54) is 22.3 Å². The van der Waals surface area contributed by atoms with E-state index in [2.05, 4.69) is 82.4 Å². The topological polar surface area (TPSA) is 17.8 Å². The van der Waals surface area contributed by atoms with Gasteiger partial charge in [-0.15, -0.1) is 0 Å². The summed E-state index contributed by atoms with van der Waals surface area (Å²) < 4.78 is 4.55. The van der Waals surface area contributed by atoms with E-state index in [0.717, 1.165) is 11.9 Å². The predicted molar refractivity (Wildman–Crippen MR) is 94.9 cm³/mol. The Bertz CT molecular complexity index is 1030. The zero-order valence-corrected chi connectivity index (χ0v) is 17.9. The van der Waals surface area contributed by atoms with E-state index >= 15 is 0 Å². The molecule has 2 aromatic carbocycles. The number of hydrogen-bond donors (Lipinski definition) is 0. The molecule has 1 atom stereocenters. The Morgan fingerprint density at radius 1 is 1.00 bits per heavy atom. The molecule has 5 heteroatoms. The van der Waals surface area contributed by atoms with Crippen molar-refractivity contribution < 1.29 is 48.0 Å². The van der Waals surface area contributed by atoms with Crippen LogP contribution in [0.1, 0.15) is 21.2 Å². The van der Waals surface area contributed by atoms with Crippen molar-refractivity contribution in [2.45, 2.75) is 10.0 Å². The molecule has 0 spiro atoms. The van der Waals surface area contributed by atoms with Gasteiger partial charge in [-0.1, -0.05) is 0 Å². The second-order valence-corrected chi connectivity index (χ2v) is 9.91. The Morgan fingerprint density at radius 3 is 2.65 bits per heavy atom. The number of hydrogen-bond acceptors (Lipinski definition) is 1. The van der Waals surface area contributed by atoms with Crippen molar-refractivity contribution in [2.75, 3.05) is 0 Å². The summed E-state index contributed by atoms with van der Waals surface area (Å²) in [4.78, 5) is 4.61. The molecule has 0 bridgehead atoms. The van der Waals surface area contributed by atoms with Crippen LogP contribution in [0.5, 0.6) is 0 Å². The van der Waals surface area contributed by atoms with Crippen molar-refractivity contribution in [1.82, 2.24) is 9.55 Å². The van der Waals surface area contributed by atoms with Crippen molar-refractivity contribution >= 4 is 22.8 Å². The second kappa shape index (κ2) is 8.09. The van der Waals surface area contributed by atoms with Crippen molar-refractivity contribution in [3.05, 3.63) is 87.5 Å². The molecule has 128 valence electrons. The minimum atomic E-state index is -0.728. The average molecular weight is 459 g/mol. The minimum Gasteiger partial charge on any atom is -1.00 e. The number of nitrogens with zero attached hydrogens (tertiary/aromatic N) is 2. The number of imidazole rings is 1. The summed E-state index contributed by atoms with van der Waals surface area (Å²) in [6, 6.07) is 17.3. The van der Waals surface area contributed by atoms with E-state index in [1.54, 1.807) is 3.28 Å². The molecule has 0 fully saturated rings. The first kappa shape index (κ1) is 19.4. The van der Waals surface area contributed by atoms with Crippen LogP contribution in [0, 0.1) is 0 Å². The van der Waals surface area contributed by atoms with Gasteiger partial charge in [0.15, 0.2) is 0 Å². The smallest absolute Gasteiger partial charge is 1.00 e. The molecule has 1 heterocycles. The quantitative estimate of drug-likeness (QED) is 0.494. The van der Waals surface area contributed by atoms with E-state index in [9.17, 15) is 0 Å². The number of allylic oxidation sites excluding steroid dienone is 5. The summed E-state index contributed by atoms with van der Waals surface area (Å²) in [5.41, 5.74) is 6.57. The van der Waals surface area contributed by atoms with E-state index in [0.29, 0.717) is 3.63 Å². The van der Waals surface area contributed by atoms with Gasteiger partial charge in [-0.05, 0) is 0 Å². The molecular weight excluding hydrogens is 442 g/mol. The molecule has 3 aromatic rings. The van der Waals surface area contributed by atoms with Crippen molar-refractivity contribution in [2.24, 2.45) is 0 Å². The van der Waals surface area contributed by atoms with Crippen LogP contribution >= 0.6 is 0 Å². The van der Waals surface area contributed by atoms with Gasteiger partial charge in [-0.25, -0.2) is 0 Å². The molecule has 0 saturated heterocycles. The Kier molecular flexibility index (Phi) is 6.02. The average Bonchev–Trinajstić information content (AvgIpc) is 3.34. The monoisotopic (exact) mass is 456 g/mol.